The minimum absolute atomic E-state index is 0.129. The van der Waals surface area contributed by atoms with Crippen LogP contribution in [0.4, 0.5) is 4.39 Å². The average molecular weight is 436 g/mol. The number of aryl methyl sites for hydroxylation is 3. The Morgan fingerprint density at radius 3 is 2.62 bits per heavy atom. The number of fused-ring (bicyclic) bond motifs is 1. The summed E-state index contributed by atoms with van der Waals surface area (Å²) < 4.78 is 25.9. The Labute approximate surface area is 185 Å². The zero-order valence-electron chi connectivity index (χ0n) is 18.5. The van der Waals surface area contributed by atoms with Gasteiger partial charge in [-0.3, -0.25) is 9.59 Å². The number of ketones is 1. The Hall–Kier alpha value is -3.48. The van der Waals surface area contributed by atoms with Crippen LogP contribution in [0.5, 0.6) is 5.75 Å². The van der Waals surface area contributed by atoms with Crippen LogP contribution in [-0.2, 0) is 17.6 Å². The van der Waals surface area contributed by atoms with Gasteiger partial charge in [0.25, 0.3) is 0 Å². The SMILES string of the molecule is CC(=O)c1ccc(F)c(-c2cc(C)cc3c2OC(CNC(=O)Cc2c(C)noc2C)C3)c1. The van der Waals surface area contributed by atoms with E-state index in [1.54, 1.807) is 19.9 Å². The first-order valence-corrected chi connectivity index (χ1v) is 10.5. The van der Waals surface area contributed by atoms with E-state index >= 15 is 0 Å². The van der Waals surface area contributed by atoms with Crippen molar-refractivity contribution in [1.29, 1.82) is 0 Å². The van der Waals surface area contributed by atoms with Crippen molar-refractivity contribution in [2.24, 2.45) is 0 Å². The standard InChI is InChI=1S/C25H25FN2O4/c1-13-7-18-9-19(12-27-24(30)11-20-14(2)28-32-16(20)4)31-25(18)22(8-13)21-10-17(15(3)29)5-6-23(21)26/h5-8,10,19H,9,11-12H2,1-4H3,(H,27,30). The Kier molecular flexibility index (Phi) is 5.82. The fourth-order valence-electron chi connectivity index (χ4n) is 4.06. The number of carbonyl (C=O) groups excluding carboxylic acids is 2. The molecule has 0 saturated carbocycles. The monoisotopic (exact) mass is 436 g/mol. The lowest BCUT2D eigenvalue weighted by atomic mass is 9.95. The summed E-state index contributed by atoms with van der Waals surface area (Å²) >= 11 is 0. The lowest BCUT2D eigenvalue weighted by Crippen LogP contribution is -2.35. The molecule has 7 heteroatoms. The molecule has 0 saturated heterocycles. The predicted molar refractivity (Wildman–Crippen MR) is 117 cm³/mol. The molecular formula is C25H25FN2O4. The number of amides is 1. The first-order valence-electron chi connectivity index (χ1n) is 10.5. The van der Waals surface area contributed by atoms with Crippen molar-refractivity contribution < 1.29 is 23.2 Å². The van der Waals surface area contributed by atoms with Crippen LogP contribution in [0.2, 0.25) is 0 Å². The number of Topliss-reactive ketones (excluding diaryl/α,β-unsaturated/α-hetero) is 1. The first-order chi connectivity index (χ1) is 15.2. The van der Waals surface area contributed by atoms with Crippen molar-refractivity contribution in [1.82, 2.24) is 10.5 Å². The average Bonchev–Trinajstić information content (AvgIpc) is 3.29. The third kappa shape index (κ3) is 4.28. The van der Waals surface area contributed by atoms with Crippen LogP contribution < -0.4 is 10.1 Å². The van der Waals surface area contributed by atoms with Crippen molar-refractivity contribution in [2.75, 3.05) is 6.54 Å². The van der Waals surface area contributed by atoms with Gasteiger partial charge in [0.1, 0.15) is 23.4 Å². The third-order valence-corrected chi connectivity index (χ3v) is 5.75. The van der Waals surface area contributed by atoms with Gasteiger partial charge in [-0.1, -0.05) is 11.2 Å². The summed E-state index contributed by atoms with van der Waals surface area (Å²) in [6.07, 6.45) is 0.524. The molecule has 3 aromatic rings. The maximum Gasteiger partial charge on any atom is 0.224 e. The third-order valence-electron chi connectivity index (χ3n) is 5.75. The number of halogens is 1. The van der Waals surface area contributed by atoms with E-state index in [0.29, 0.717) is 46.9 Å². The maximum atomic E-state index is 14.7. The zero-order chi connectivity index (χ0) is 23.0. The van der Waals surface area contributed by atoms with Gasteiger partial charge in [0.05, 0.1) is 18.7 Å². The molecule has 0 fully saturated rings. The Morgan fingerprint density at radius 2 is 1.94 bits per heavy atom. The van der Waals surface area contributed by atoms with E-state index in [4.69, 9.17) is 9.26 Å². The number of hydrogen-bond donors (Lipinski definition) is 1. The molecule has 1 amide bonds. The highest BCUT2D eigenvalue weighted by molar-refractivity contribution is 5.95. The summed E-state index contributed by atoms with van der Waals surface area (Å²) in [7, 11) is 0. The number of ether oxygens (including phenoxy) is 1. The second-order valence-corrected chi connectivity index (χ2v) is 8.28. The van der Waals surface area contributed by atoms with Gasteiger partial charge in [-0.2, -0.15) is 0 Å². The van der Waals surface area contributed by atoms with E-state index in [-0.39, 0.29) is 24.2 Å². The number of carbonyl (C=O) groups is 2. The number of hydrogen-bond acceptors (Lipinski definition) is 5. The zero-order valence-corrected chi connectivity index (χ0v) is 18.5. The molecule has 1 aliphatic rings. The Morgan fingerprint density at radius 1 is 1.16 bits per heavy atom. The van der Waals surface area contributed by atoms with Gasteiger partial charge in [0.15, 0.2) is 5.78 Å². The van der Waals surface area contributed by atoms with Gasteiger partial charge in [-0.25, -0.2) is 4.39 Å². The normalized spacial score (nSPS) is 14.7. The van der Waals surface area contributed by atoms with Crippen LogP contribution in [0.3, 0.4) is 0 Å². The number of nitrogens with zero attached hydrogens (tertiary/aromatic N) is 1. The largest absolute Gasteiger partial charge is 0.487 e. The summed E-state index contributed by atoms with van der Waals surface area (Å²) in [5.74, 6) is 0.547. The molecule has 1 N–H and O–H groups in total. The van der Waals surface area contributed by atoms with E-state index in [0.717, 1.165) is 16.7 Å². The van der Waals surface area contributed by atoms with E-state index < -0.39 is 5.82 Å². The lowest BCUT2D eigenvalue weighted by molar-refractivity contribution is -0.120. The second-order valence-electron chi connectivity index (χ2n) is 8.28. The molecule has 0 aliphatic carbocycles. The first kappa shape index (κ1) is 21.7. The van der Waals surface area contributed by atoms with Crippen molar-refractivity contribution >= 4 is 11.7 Å². The van der Waals surface area contributed by atoms with Crippen molar-refractivity contribution in [3.8, 4) is 16.9 Å². The van der Waals surface area contributed by atoms with E-state index in [1.165, 1.54) is 19.1 Å². The summed E-state index contributed by atoms with van der Waals surface area (Å²) in [5.41, 5.74) is 4.81. The molecule has 0 radical (unpaired) electrons. The molecule has 32 heavy (non-hydrogen) atoms. The maximum absolute atomic E-state index is 14.7. The van der Waals surface area contributed by atoms with E-state index in [9.17, 15) is 14.0 Å². The van der Waals surface area contributed by atoms with E-state index in [2.05, 4.69) is 10.5 Å². The molecule has 0 spiro atoms. The van der Waals surface area contributed by atoms with Crippen LogP contribution >= 0.6 is 0 Å². The van der Waals surface area contributed by atoms with Crippen molar-refractivity contribution in [3.63, 3.8) is 0 Å². The fraction of sp³-hybridized carbons (Fsp3) is 0.320. The topological polar surface area (TPSA) is 81.4 Å². The molecule has 0 bridgehead atoms. The lowest BCUT2D eigenvalue weighted by Gasteiger charge is -2.15. The van der Waals surface area contributed by atoms with Crippen LogP contribution in [0, 0.1) is 26.6 Å². The summed E-state index contributed by atoms with van der Waals surface area (Å²) in [6, 6.07) is 8.23. The highest BCUT2D eigenvalue weighted by Gasteiger charge is 2.28. The van der Waals surface area contributed by atoms with Gasteiger partial charge in [0, 0.05) is 28.7 Å². The number of rotatable bonds is 6. The van der Waals surface area contributed by atoms with Crippen LogP contribution in [-0.4, -0.2) is 29.5 Å². The molecule has 4 rings (SSSR count). The number of nitrogens with one attached hydrogen (secondary N) is 1. The van der Waals surface area contributed by atoms with Crippen molar-refractivity contribution in [3.05, 3.63) is 69.9 Å². The molecule has 1 aliphatic heterocycles. The van der Waals surface area contributed by atoms with Gasteiger partial charge in [-0.15, -0.1) is 0 Å². The van der Waals surface area contributed by atoms with Crippen LogP contribution in [0.1, 0.15) is 45.4 Å². The molecule has 2 aromatic carbocycles. The Bertz CT molecular complexity index is 1200. The van der Waals surface area contributed by atoms with Gasteiger partial charge in [0.2, 0.25) is 5.91 Å². The molecule has 1 aromatic heterocycles. The summed E-state index contributed by atoms with van der Waals surface area (Å²) in [4.78, 5) is 24.2. The molecule has 6 nitrogen and oxygen atoms in total. The molecular weight excluding hydrogens is 411 g/mol. The van der Waals surface area contributed by atoms with Gasteiger partial charge >= 0.3 is 0 Å². The molecule has 1 atom stereocenters. The molecule has 166 valence electrons. The van der Waals surface area contributed by atoms with Crippen LogP contribution in [0.15, 0.2) is 34.9 Å². The highest BCUT2D eigenvalue weighted by Crippen LogP contribution is 2.41. The van der Waals surface area contributed by atoms with Gasteiger partial charge in [-0.05, 0) is 63.1 Å². The molecule has 1 unspecified atom stereocenters. The van der Waals surface area contributed by atoms with E-state index in [1.807, 2.05) is 19.1 Å². The number of aromatic nitrogens is 1. The fourth-order valence-corrected chi connectivity index (χ4v) is 4.06. The van der Waals surface area contributed by atoms with Crippen LogP contribution in [0.25, 0.3) is 11.1 Å². The predicted octanol–water partition coefficient (Wildman–Crippen LogP) is 4.27. The smallest absolute Gasteiger partial charge is 0.224 e. The van der Waals surface area contributed by atoms with Gasteiger partial charge < -0.3 is 14.6 Å². The second kappa shape index (κ2) is 8.57. The Balaban J connectivity index is 1.51. The number of benzene rings is 2. The minimum atomic E-state index is -0.414. The molecule has 2 heterocycles. The highest BCUT2D eigenvalue weighted by atomic mass is 19.1. The summed E-state index contributed by atoms with van der Waals surface area (Å²) in [6.45, 7) is 7.30. The van der Waals surface area contributed by atoms with Crippen molar-refractivity contribution in [2.45, 2.75) is 46.6 Å². The quantitative estimate of drug-likeness (QED) is 0.584. The summed E-state index contributed by atoms with van der Waals surface area (Å²) in [5, 5.41) is 6.78. The minimum Gasteiger partial charge on any atom is -0.487 e.